The second-order valence-corrected chi connectivity index (χ2v) is 6.76. The summed E-state index contributed by atoms with van der Waals surface area (Å²) in [5, 5.41) is 3.21. The van der Waals surface area contributed by atoms with Gasteiger partial charge in [0.2, 0.25) is 5.91 Å². The summed E-state index contributed by atoms with van der Waals surface area (Å²) in [5.74, 6) is 0.935. The number of rotatable bonds is 3. The summed E-state index contributed by atoms with van der Waals surface area (Å²) >= 11 is 0. The quantitative estimate of drug-likeness (QED) is 0.746. The van der Waals surface area contributed by atoms with Gasteiger partial charge in [-0.3, -0.25) is 4.79 Å². The van der Waals surface area contributed by atoms with Crippen molar-refractivity contribution in [1.29, 1.82) is 0 Å². The number of hydrogen-bond acceptors (Lipinski definition) is 1. The van der Waals surface area contributed by atoms with E-state index in [4.69, 9.17) is 0 Å². The molecule has 2 nitrogen and oxygen atoms in total. The Balaban J connectivity index is 1.89. The summed E-state index contributed by atoms with van der Waals surface area (Å²) in [6.45, 7) is 5.91. The van der Waals surface area contributed by atoms with Gasteiger partial charge >= 0.3 is 0 Å². The first-order valence-electron chi connectivity index (χ1n) is 6.93. The van der Waals surface area contributed by atoms with Gasteiger partial charge < -0.3 is 5.32 Å². The molecule has 1 amide bonds. The van der Waals surface area contributed by atoms with E-state index < -0.39 is 0 Å². The van der Waals surface area contributed by atoms with E-state index in [0.717, 1.165) is 18.8 Å². The molecule has 2 saturated carbocycles. The van der Waals surface area contributed by atoms with E-state index in [2.05, 4.69) is 17.5 Å². The highest BCUT2D eigenvalue weighted by atomic mass is 16.2. The Morgan fingerprint density at radius 1 is 1.24 bits per heavy atom. The Bertz CT molecular complexity index is 314. The molecule has 0 heterocycles. The van der Waals surface area contributed by atoms with Crippen molar-refractivity contribution in [3.63, 3.8) is 0 Å². The second kappa shape index (κ2) is 4.47. The first kappa shape index (κ1) is 12.7. The Morgan fingerprint density at radius 3 is 2.29 bits per heavy atom. The minimum atomic E-state index is -0.281. The van der Waals surface area contributed by atoms with E-state index in [1.165, 1.54) is 25.7 Å². The van der Waals surface area contributed by atoms with Crippen LogP contribution in [0.4, 0.5) is 0 Å². The lowest BCUT2D eigenvalue weighted by atomic mass is 9.95. The summed E-state index contributed by atoms with van der Waals surface area (Å²) in [7, 11) is 0. The van der Waals surface area contributed by atoms with Crippen LogP contribution in [0.2, 0.25) is 0 Å². The minimum absolute atomic E-state index is 0.00690. The molecule has 2 aliphatic rings. The number of allylic oxidation sites excluding steroid dienone is 1. The highest BCUT2D eigenvalue weighted by Gasteiger charge is 2.43. The Morgan fingerprint density at radius 2 is 1.82 bits per heavy atom. The van der Waals surface area contributed by atoms with Gasteiger partial charge in [-0.1, -0.05) is 45.8 Å². The van der Waals surface area contributed by atoms with E-state index in [9.17, 15) is 4.79 Å². The number of hydrogen-bond donors (Lipinski definition) is 1. The molecular weight excluding hydrogens is 210 g/mol. The smallest absolute Gasteiger partial charge is 0.226 e. The van der Waals surface area contributed by atoms with Crippen molar-refractivity contribution in [3.8, 4) is 0 Å². The van der Waals surface area contributed by atoms with Crippen LogP contribution in [0.25, 0.3) is 0 Å². The Hall–Kier alpha value is -0.790. The van der Waals surface area contributed by atoms with Crippen LogP contribution in [0.5, 0.6) is 0 Å². The lowest BCUT2D eigenvalue weighted by Crippen LogP contribution is -2.42. The normalized spacial score (nSPS) is 24.2. The Labute approximate surface area is 105 Å². The molecule has 0 saturated heterocycles. The third-order valence-corrected chi connectivity index (χ3v) is 3.92. The zero-order valence-corrected chi connectivity index (χ0v) is 11.4. The lowest BCUT2D eigenvalue weighted by Gasteiger charge is -2.22. The SMILES string of the molecule is CC(C)(C)C(=O)NC1(C=CC2CCCC2)CC1. The number of amides is 1. The molecule has 0 aromatic rings. The molecule has 17 heavy (non-hydrogen) atoms. The number of carbonyl (C=O) groups excluding carboxylic acids is 1. The van der Waals surface area contributed by atoms with Crippen LogP contribution >= 0.6 is 0 Å². The van der Waals surface area contributed by atoms with Crippen molar-refractivity contribution in [1.82, 2.24) is 5.32 Å². The number of nitrogens with one attached hydrogen (secondary N) is 1. The molecule has 2 heteroatoms. The molecule has 0 atom stereocenters. The summed E-state index contributed by atoms with van der Waals surface area (Å²) in [4.78, 5) is 12.0. The van der Waals surface area contributed by atoms with Gasteiger partial charge in [0.1, 0.15) is 0 Å². The number of carbonyl (C=O) groups is 1. The molecule has 2 aliphatic carbocycles. The molecule has 96 valence electrons. The molecule has 1 N–H and O–H groups in total. The van der Waals surface area contributed by atoms with Crippen LogP contribution in [-0.2, 0) is 4.79 Å². The van der Waals surface area contributed by atoms with Crippen LogP contribution in [0.1, 0.15) is 59.3 Å². The second-order valence-electron chi connectivity index (χ2n) is 6.76. The fourth-order valence-corrected chi connectivity index (χ4v) is 2.35. The van der Waals surface area contributed by atoms with Gasteiger partial charge in [0.15, 0.2) is 0 Å². The first-order chi connectivity index (χ1) is 7.91. The van der Waals surface area contributed by atoms with Gasteiger partial charge in [-0.2, -0.15) is 0 Å². The van der Waals surface area contributed by atoms with Gasteiger partial charge in [0, 0.05) is 5.41 Å². The van der Waals surface area contributed by atoms with Crippen molar-refractivity contribution >= 4 is 5.91 Å². The fraction of sp³-hybridized carbons (Fsp3) is 0.800. The predicted octanol–water partition coefficient (Wildman–Crippen LogP) is 3.43. The topological polar surface area (TPSA) is 29.1 Å². The van der Waals surface area contributed by atoms with E-state index in [-0.39, 0.29) is 16.9 Å². The van der Waals surface area contributed by atoms with Crippen molar-refractivity contribution < 1.29 is 4.79 Å². The largest absolute Gasteiger partial charge is 0.347 e. The Kier molecular flexibility index (Phi) is 3.33. The van der Waals surface area contributed by atoms with Crippen LogP contribution in [0.15, 0.2) is 12.2 Å². The van der Waals surface area contributed by atoms with E-state index in [0.29, 0.717) is 0 Å². The average Bonchev–Trinajstić information content (AvgIpc) is 2.79. The molecule has 0 bridgehead atoms. The van der Waals surface area contributed by atoms with E-state index >= 15 is 0 Å². The molecule has 0 aromatic heterocycles. The van der Waals surface area contributed by atoms with Gasteiger partial charge in [-0.25, -0.2) is 0 Å². The molecule has 0 aliphatic heterocycles. The van der Waals surface area contributed by atoms with Crippen LogP contribution < -0.4 is 5.32 Å². The van der Waals surface area contributed by atoms with Crippen molar-refractivity contribution in [2.75, 3.05) is 0 Å². The maximum atomic E-state index is 12.0. The molecule has 2 fully saturated rings. The fourth-order valence-electron chi connectivity index (χ4n) is 2.35. The van der Waals surface area contributed by atoms with Crippen molar-refractivity contribution in [2.45, 2.75) is 64.8 Å². The van der Waals surface area contributed by atoms with Gasteiger partial charge in [0.05, 0.1) is 5.54 Å². The molecule has 0 aromatic carbocycles. The zero-order valence-electron chi connectivity index (χ0n) is 11.4. The summed E-state index contributed by atoms with van der Waals surface area (Å²) in [6.07, 6.45) is 12.2. The summed E-state index contributed by atoms with van der Waals surface area (Å²) in [6, 6.07) is 0. The molecule has 0 radical (unpaired) electrons. The lowest BCUT2D eigenvalue weighted by molar-refractivity contribution is -0.129. The van der Waals surface area contributed by atoms with Crippen LogP contribution in [0.3, 0.4) is 0 Å². The monoisotopic (exact) mass is 235 g/mol. The minimum Gasteiger partial charge on any atom is -0.347 e. The molecular formula is C15H25NO. The van der Waals surface area contributed by atoms with Crippen LogP contribution in [0, 0.1) is 11.3 Å². The standard InChI is InChI=1S/C15H25NO/c1-14(2,3)13(17)16-15(10-11-15)9-8-12-6-4-5-7-12/h8-9,12H,4-7,10-11H2,1-3H3,(H,16,17). The van der Waals surface area contributed by atoms with Crippen molar-refractivity contribution in [2.24, 2.45) is 11.3 Å². The van der Waals surface area contributed by atoms with E-state index in [1.54, 1.807) is 0 Å². The highest BCUT2D eigenvalue weighted by Crippen LogP contribution is 2.39. The molecule has 2 rings (SSSR count). The average molecular weight is 235 g/mol. The maximum Gasteiger partial charge on any atom is 0.226 e. The van der Waals surface area contributed by atoms with E-state index in [1.807, 2.05) is 20.8 Å². The molecule has 0 spiro atoms. The molecule has 0 unspecified atom stereocenters. The summed E-state index contributed by atoms with van der Waals surface area (Å²) in [5.41, 5.74) is -0.274. The summed E-state index contributed by atoms with van der Waals surface area (Å²) < 4.78 is 0. The maximum absolute atomic E-state index is 12.0. The van der Waals surface area contributed by atoms with Gasteiger partial charge in [-0.05, 0) is 31.6 Å². The third-order valence-electron chi connectivity index (χ3n) is 3.92. The first-order valence-corrected chi connectivity index (χ1v) is 6.93. The van der Waals surface area contributed by atoms with Gasteiger partial charge in [-0.15, -0.1) is 0 Å². The third kappa shape index (κ3) is 3.34. The van der Waals surface area contributed by atoms with Crippen molar-refractivity contribution in [3.05, 3.63) is 12.2 Å². The van der Waals surface area contributed by atoms with Crippen LogP contribution in [-0.4, -0.2) is 11.4 Å². The predicted molar refractivity (Wildman–Crippen MR) is 70.7 cm³/mol. The highest BCUT2D eigenvalue weighted by molar-refractivity contribution is 5.82. The zero-order chi connectivity index (χ0) is 12.5. The van der Waals surface area contributed by atoms with Gasteiger partial charge in [0.25, 0.3) is 0 Å².